The van der Waals surface area contributed by atoms with Crippen molar-refractivity contribution in [3.8, 4) is 33.3 Å². The van der Waals surface area contributed by atoms with Gasteiger partial charge in [-0.1, -0.05) is 36.4 Å². The van der Waals surface area contributed by atoms with Gasteiger partial charge < -0.3 is 14.8 Å². The van der Waals surface area contributed by atoms with Gasteiger partial charge >= 0.3 is 0 Å². The van der Waals surface area contributed by atoms with Crippen molar-refractivity contribution in [2.24, 2.45) is 0 Å². The molecule has 4 aromatic rings. The fourth-order valence-corrected chi connectivity index (χ4v) is 4.14. The van der Waals surface area contributed by atoms with Crippen LogP contribution < -0.4 is 20.3 Å². The van der Waals surface area contributed by atoms with E-state index in [0.717, 1.165) is 16.8 Å². The fourth-order valence-electron chi connectivity index (χ4n) is 3.31. The summed E-state index contributed by atoms with van der Waals surface area (Å²) in [6.45, 7) is 0.370. The lowest BCUT2D eigenvalue weighted by Crippen LogP contribution is -2.32. The van der Waals surface area contributed by atoms with Crippen LogP contribution >= 0.6 is 11.3 Å². The first kappa shape index (κ1) is 20.0. The van der Waals surface area contributed by atoms with Crippen LogP contribution in [0.1, 0.15) is 5.56 Å². The number of hydrogen-bond donors (Lipinski definition) is 1. The van der Waals surface area contributed by atoms with Gasteiger partial charge in [0.15, 0.2) is 11.5 Å². The van der Waals surface area contributed by atoms with Crippen molar-refractivity contribution >= 4 is 17.2 Å². The van der Waals surface area contributed by atoms with Gasteiger partial charge in [-0.3, -0.25) is 14.2 Å². The predicted molar refractivity (Wildman–Crippen MR) is 119 cm³/mol. The number of benzene rings is 2. The molecule has 0 spiro atoms. The molecule has 0 unspecified atom stereocenters. The molecule has 0 atom stereocenters. The minimum Gasteiger partial charge on any atom is -0.454 e. The summed E-state index contributed by atoms with van der Waals surface area (Å²) in [6, 6.07) is 15.2. The molecule has 1 amide bonds. The summed E-state index contributed by atoms with van der Waals surface area (Å²) in [6.07, 6.45) is 2.84. The summed E-state index contributed by atoms with van der Waals surface area (Å²) < 4.78 is 11.9. The van der Waals surface area contributed by atoms with Gasteiger partial charge in [-0.2, -0.15) is 0 Å². The maximum absolute atomic E-state index is 12.9. The van der Waals surface area contributed by atoms with Crippen LogP contribution in [-0.4, -0.2) is 27.2 Å². The van der Waals surface area contributed by atoms with Gasteiger partial charge in [0, 0.05) is 23.7 Å². The largest absolute Gasteiger partial charge is 0.454 e. The van der Waals surface area contributed by atoms with E-state index in [0.29, 0.717) is 28.6 Å². The van der Waals surface area contributed by atoms with Gasteiger partial charge in [0.05, 0.1) is 17.6 Å². The Bertz CT molecular complexity index is 1330. The average Bonchev–Trinajstić information content (AvgIpc) is 3.49. The Morgan fingerprint density at radius 3 is 2.84 bits per heavy atom. The van der Waals surface area contributed by atoms with Crippen LogP contribution in [0.4, 0.5) is 0 Å². The molecule has 1 N–H and O–H groups in total. The van der Waals surface area contributed by atoms with E-state index < -0.39 is 0 Å². The molecule has 2 aromatic heterocycles. The second kappa shape index (κ2) is 8.64. The van der Waals surface area contributed by atoms with Gasteiger partial charge in [-0.05, 0) is 17.7 Å². The summed E-state index contributed by atoms with van der Waals surface area (Å²) in [7, 11) is 0. The number of nitrogens with one attached hydrogen (secondary N) is 1. The van der Waals surface area contributed by atoms with Crippen molar-refractivity contribution < 1.29 is 14.3 Å². The van der Waals surface area contributed by atoms with E-state index in [2.05, 4.69) is 15.3 Å². The number of carbonyl (C=O) groups excluding carboxylic acids is 1. The number of aromatic nitrogens is 3. The molecule has 1 aliphatic rings. The molecule has 0 saturated carbocycles. The topological polar surface area (TPSA) is 95.3 Å². The molecule has 2 aromatic carbocycles. The standard InChI is InChI=1S/C23H18N4O4S/c28-21(25-9-15-6-7-19-20(8-15)31-14-30-19)11-27-13-24-10-17(23(27)29)22-26-18(12-32-22)16-4-2-1-3-5-16/h1-8,10,12-13H,9,11,14H2,(H,25,28). The Balaban J connectivity index is 1.28. The second-order valence-electron chi connectivity index (χ2n) is 7.11. The van der Waals surface area contributed by atoms with Crippen LogP contribution in [0.5, 0.6) is 11.5 Å². The summed E-state index contributed by atoms with van der Waals surface area (Å²) in [5.74, 6) is 1.04. The van der Waals surface area contributed by atoms with E-state index in [1.165, 1.54) is 28.4 Å². The molecule has 9 heteroatoms. The van der Waals surface area contributed by atoms with E-state index >= 15 is 0 Å². The van der Waals surface area contributed by atoms with Gasteiger partial charge in [0.2, 0.25) is 12.7 Å². The van der Waals surface area contributed by atoms with Gasteiger partial charge in [0.1, 0.15) is 11.6 Å². The maximum atomic E-state index is 12.9. The Kier molecular flexibility index (Phi) is 5.39. The first-order valence-electron chi connectivity index (χ1n) is 9.88. The molecule has 8 nitrogen and oxygen atoms in total. The van der Waals surface area contributed by atoms with Crippen molar-refractivity contribution in [1.29, 1.82) is 0 Å². The molecule has 0 saturated heterocycles. The highest BCUT2D eigenvalue weighted by Gasteiger charge is 2.15. The number of nitrogens with zero attached hydrogens (tertiary/aromatic N) is 3. The van der Waals surface area contributed by atoms with E-state index in [9.17, 15) is 9.59 Å². The minimum absolute atomic E-state index is 0.138. The molecular weight excluding hydrogens is 428 g/mol. The second-order valence-corrected chi connectivity index (χ2v) is 7.97. The summed E-state index contributed by atoms with van der Waals surface area (Å²) in [5.41, 5.74) is 2.69. The molecule has 0 radical (unpaired) electrons. The number of rotatable bonds is 6. The van der Waals surface area contributed by atoms with Crippen molar-refractivity contribution in [1.82, 2.24) is 19.9 Å². The summed E-state index contributed by atoms with van der Waals surface area (Å²) in [4.78, 5) is 34.1. The van der Waals surface area contributed by atoms with E-state index in [1.54, 1.807) is 6.07 Å². The number of fused-ring (bicyclic) bond motifs is 1. The lowest BCUT2D eigenvalue weighted by molar-refractivity contribution is -0.121. The number of ether oxygens (including phenoxy) is 2. The highest BCUT2D eigenvalue weighted by Crippen LogP contribution is 2.32. The first-order chi connectivity index (χ1) is 15.7. The van der Waals surface area contributed by atoms with E-state index in [-0.39, 0.29) is 24.8 Å². The molecule has 3 heterocycles. The lowest BCUT2D eigenvalue weighted by Gasteiger charge is -2.08. The fraction of sp³-hybridized carbons (Fsp3) is 0.130. The zero-order valence-corrected chi connectivity index (χ0v) is 17.7. The Morgan fingerprint density at radius 1 is 1.12 bits per heavy atom. The van der Waals surface area contributed by atoms with Crippen LogP contribution in [0.25, 0.3) is 21.8 Å². The quantitative estimate of drug-likeness (QED) is 0.489. The van der Waals surface area contributed by atoms with Crippen LogP contribution in [0.3, 0.4) is 0 Å². The lowest BCUT2D eigenvalue weighted by atomic mass is 10.2. The first-order valence-corrected chi connectivity index (χ1v) is 10.8. The van der Waals surface area contributed by atoms with Gasteiger partial charge in [0.25, 0.3) is 5.56 Å². The van der Waals surface area contributed by atoms with Crippen molar-refractivity contribution in [3.63, 3.8) is 0 Å². The average molecular weight is 446 g/mol. The summed E-state index contributed by atoms with van der Waals surface area (Å²) in [5, 5.41) is 5.28. The third-order valence-electron chi connectivity index (χ3n) is 4.95. The van der Waals surface area contributed by atoms with Crippen LogP contribution in [0, 0.1) is 0 Å². The van der Waals surface area contributed by atoms with E-state index in [4.69, 9.17) is 9.47 Å². The smallest absolute Gasteiger partial charge is 0.264 e. The van der Waals surface area contributed by atoms with Crippen LogP contribution in [0.15, 0.2) is 71.2 Å². The van der Waals surface area contributed by atoms with Gasteiger partial charge in [-0.25, -0.2) is 9.97 Å². The summed E-state index contributed by atoms with van der Waals surface area (Å²) >= 11 is 1.37. The zero-order chi connectivity index (χ0) is 21.9. The molecule has 1 aliphatic heterocycles. The normalized spacial score (nSPS) is 12.0. The molecule has 0 fully saturated rings. The number of carbonyl (C=O) groups is 1. The monoisotopic (exact) mass is 446 g/mol. The van der Waals surface area contributed by atoms with Crippen molar-refractivity contribution in [2.45, 2.75) is 13.1 Å². The Morgan fingerprint density at radius 2 is 1.97 bits per heavy atom. The zero-order valence-electron chi connectivity index (χ0n) is 16.9. The molecular formula is C23H18N4O4S. The molecule has 32 heavy (non-hydrogen) atoms. The molecule has 5 rings (SSSR count). The van der Waals surface area contributed by atoms with Crippen molar-refractivity contribution in [3.05, 3.63) is 82.4 Å². The predicted octanol–water partition coefficient (Wildman–Crippen LogP) is 3.08. The highest BCUT2D eigenvalue weighted by atomic mass is 32.1. The number of amides is 1. The third kappa shape index (κ3) is 4.10. The highest BCUT2D eigenvalue weighted by molar-refractivity contribution is 7.13. The third-order valence-corrected chi connectivity index (χ3v) is 5.82. The molecule has 0 aliphatic carbocycles. The Hall–Kier alpha value is -3.98. The van der Waals surface area contributed by atoms with Gasteiger partial charge in [-0.15, -0.1) is 11.3 Å². The maximum Gasteiger partial charge on any atom is 0.264 e. The van der Waals surface area contributed by atoms with E-state index in [1.807, 2.05) is 47.8 Å². The minimum atomic E-state index is -0.313. The Labute approximate surface area is 187 Å². The SMILES string of the molecule is O=C(Cn1cncc(-c2nc(-c3ccccc3)cs2)c1=O)NCc1ccc2c(c1)OCO2. The molecule has 160 valence electrons. The van der Waals surface area contributed by atoms with Crippen LogP contribution in [-0.2, 0) is 17.9 Å². The number of thiazole rings is 1. The van der Waals surface area contributed by atoms with Crippen LogP contribution in [0.2, 0.25) is 0 Å². The number of hydrogen-bond acceptors (Lipinski definition) is 7. The van der Waals surface area contributed by atoms with Crippen molar-refractivity contribution in [2.75, 3.05) is 6.79 Å². The molecule has 0 bridgehead atoms.